The van der Waals surface area contributed by atoms with Gasteiger partial charge < -0.3 is 9.15 Å². The number of nitriles is 1. The summed E-state index contributed by atoms with van der Waals surface area (Å²) in [5, 5.41) is 9.00. The molecule has 0 bridgehead atoms. The summed E-state index contributed by atoms with van der Waals surface area (Å²) < 4.78 is 11.1. The third-order valence-electron chi connectivity index (χ3n) is 2.96. The second-order valence-corrected chi connectivity index (χ2v) is 4.41. The lowest BCUT2D eigenvalue weighted by molar-refractivity contribution is 0.300. The molecule has 0 amide bonds. The van der Waals surface area contributed by atoms with E-state index in [9.17, 15) is 0 Å². The smallest absolute Gasteiger partial charge is 0.226 e. The van der Waals surface area contributed by atoms with E-state index >= 15 is 0 Å². The predicted molar refractivity (Wildman–Crippen MR) is 77.4 cm³/mol. The summed E-state index contributed by atoms with van der Waals surface area (Å²) in [5.41, 5.74) is 2.10. The molecular formula is C17H12N2O2. The van der Waals surface area contributed by atoms with E-state index in [1.807, 2.05) is 36.4 Å². The van der Waals surface area contributed by atoms with E-state index in [1.165, 1.54) is 0 Å². The molecule has 0 spiro atoms. The highest BCUT2D eigenvalue weighted by Crippen LogP contribution is 2.20. The molecule has 0 fully saturated rings. The molecule has 0 saturated heterocycles. The van der Waals surface area contributed by atoms with Crippen molar-refractivity contribution in [3.63, 3.8) is 0 Å². The Morgan fingerprint density at radius 1 is 1.05 bits per heavy atom. The molecule has 102 valence electrons. The number of oxazole rings is 1. The number of nitrogens with zero attached hydrogens (tertiary/aromatic N) is 2. The molecule has 0 aliphatic heterocycles. The van der Waals surface area contributed by atoms with Crippen LogP contribution in [0.4, 0.5) is 0 Å². The van der Waals surface area contributed by atoms with Crippen molar-refractivity contribution < 1.29 is 9.15 Å². The van der Waals surface area contributed by atoms with Gasteiger partial charge in [-0.15, -0.1) is 0 Å². The van der Waals surface area contributed by atoms with E-state index < -0.39 is 0 Å². The zero-order valence-electron chi connectivity index (χ0n) is 11.2. The minimum absolute atomic E-state index is 0.259. The second kappa shape index (κ2) is 5.93. The van der Waals surface area contributed by atoms with Crippen molar-refractivity contribution >= 4 is 0 Å². The third kappa shape index (κ3) is 2.93. The van der Waals surface area contributed by atoms with Crippen LogP contribution in [0.5, 0.6) is 5.75 Å². The average Bonchev–Trinajstić information content (AvgIpc) is 3.03. The molecule has 4 heteroatoms. The van der Waals surface area contributed by atoms with E-state index in [0.29, 0.717) is 22.9 Å². The molecule has 3 aromatic rings. The maximum absolute atomic E-state index is 9.00. The lowest BCUT2D eigenvalue weighted by atomic mass is 10.2. The summed E-state index contributed by atoms with van der Waals surface area (Å²) >= 11 is 0. The Labute approximate surface area is 122 Å². The number of rotatable bonds is 4. The van der Waals surface area contributed by atoms with E-state index in [0.717, 1.165) is 5.56 Å². The van der Waals surface area contributed by atoms with Gasteiger partial charge in [-0.1, -0.05) is 30.3 Å². The molecule has 0 unspecified atom stereocenters. The second-order valence-electron chi connectivity index (χ2n) is 4.41. The Balaban J connectivity index is 1.72. The largest absolute Gasteiger partial charge is 0.486 e. The van der Waals surface area contributed by atoms with Gasteiger partial charge >= 0.3 is 0 Å². The van der Waals surface area contributed by atoms with Crippen LogP contribution in [0.1, 0.15) is 11.3 Å². The minimum atomic E-state index is 0.259. The Bertz CT molecular complexity index is 773. The van der Waals surface area contributed by atoms with Gasteiger partial charge in [-0.3, -0.25) is 0 Å². The van der Waals surface area contributed by atoms with Crippen LogP contribution in [0.25, 0.3) is 11.5 Å². The lowest BCUT2D eigenvalue weighted by Crippen LogP contribution is -1.97. The fourth-order valence-corrected chi connectivity index (χ4v) is 1.92. The summed E-state index contributed by atoms with van der Waals surface area (Å²) in [6.07, 6.45) is 1.57. The summed E-state index contributed by atoms with van der Waals surface area (Å²) in [7, 11) is 0. The van der Waals surface area contributed by atoms with Gasteiger partial charge in [-0.2, -0.15) is 5.26 Å². The lowest BCUT2D eigenvalue weighted by Gasteiger charge is -2.04. The molecule has 0 aliphatic rings. The highest BCUT2D eigenvalue weighted by atomic mass is 16.5. The van der Waals surface area contributed by atoms with Crippen molar-refractivity contribution in [3.8, 4) is 23.3 Å². The van der Waals surface area contributed by atoms with Crippen molar-refractivity contribution in [1.82, 2.24) is 4.98 Å². The van der Waals surface area contributed by atoms with Gasteiger partial charge in [-0.05, 0) is 24.3 Å². The van der Waals surface area contributed by atoms with Crippen LogP contribution in [0, 0.1) is 11.3 Å². The van der Waals surface area contributed by atoms with E-state index in [4.69, 9.17) is 14.4 Å². The Morgan fingerprint density at radius 3 is 2.62 bits per heavy atom. The molecule has 0 aliphatic carbocycles. The summed E-state index contributed by atoms with van der Waals surface area (Å²) in [4.78, 5) is 4.38. The molecule has 1 heterocycles. The number of para-hydroxylation sites is 1. The predicted octanol–water partition coefficient (Wildman–Crippen LogP) is 3.79. The van der Waals surface area contributed by atoms with Gasteiger partial charge in [0.05, 0.1) is 5.56 Å². The fraction of sp³-hybridized carbons (Fsp3) is 0.0588. The van der Waals surface area contributed by atoms with Gasteiger partial charge in [-0.25, -0.2) is 4.98 Å². The summed E-state index contributed by atoms with van der Waals surface area (Å²) in [5.74, 6) is 1.10. The third-order valence-corrected chi connectivity index (χ3v) is 2.96. The van der Waals surface area contributed by atoms with Crippen LogP contribution >= 0.6 is 0 Å². The van der Waals surface area contributed by atoms with Crippen molar-refractivity contribution in [2.45, 2.75) is 6.61 Å². The van der Waals surface area contributed by atoms with Crippen molar-refractivity contribution in [2.24, 2.45) is 0 Å². The first-order chi connectivity index (χ1) is 10.4. The van der Waals surface area contributed by atoms with Crippen LogP contribution in [0.3, 0.4) is 0 Å². The zero-order chi connectivity index (χ0) is 14.5. The average molecular weight is 276 g/mol. The molecule has 4 nitrogen and oxygen atoms in total. The number of ether oxygens (including phenoxy) is 1. The molecule has 2 aromatic carbocycles. The highest BCUT2D eigenvalue weighted by molar-refractivity contribution is 5.52. The number of hydrogen-bond donors (Lipinski definition) is 0. The number of aromatic nitrogens is 1. The molecule has 0 atom stereocenters. The van der Waals surface area contributed by atoms with E-state index in [-0.39, 0.29) is 6.61 Å². The van der Waals surface area contributed by atoms with Crippen LogP contribution < -0.4 is 4.74 Å². The van der Waals surface area contributed by atoms with Gasteiger partial charge in [0.25, 0.3) is 0 Å². The van der Waals surface area contributed by atoms with Crippen LogP contribution in [-0.2, 0) is 6.61 Å². The first kappa shape index (κ1) is 12.9. The molecule has 0 radical (unpaired) electrons. The van der Waals surface area contributed by atoms with E-state index in [2.05, 4.69) is 11.1 Å². The van der Waals surface area contributed by atoms with Crippen molar-refractivity contribution in [1.29, 1.82) is 5.26 Å². The zero-order valence-corrected chi connectivity index (χ0v) is 11.2. The van der Waals surface area contributed by atoms with Gasteiger partial charge in [0.2, 0.25) is 5.89 Å². The Morgan fingerprint density at radius 2 is 1.81 bits per heavy atom. The molecule has 0 saturated carbocycles. The first-order valence-electron chi connectivity index (χ1n) is 6.48. The maximum Gasteiger partial charge on any atom is 0.226 e. The number of benzene rings is 2. The number of hydrogen-bond acceptors (Lipinski definition) is 4. The Kier molecular flexibility index (Phi) is 3.66. The Hall–Kier alpha value is -3.06. The topological polar surface area (TPSA) is 59.0 Å². The maximum atomic E-state index is 9.00. The van der Waals surface area contributed by atoms with Crippen molar-refractivity contribution in [2.75, 3.05) is 0 Å². The molecule has 0 N–H and O–H groups in total. The van der Waals surface area contributed by atoms with Crippen molar-refractivity contribution in [3.05, 3.63) is 72.1 Å². The minimum Gasteiger partial charge on any atom is -0.486 e. The summed E-state index contributed by atoms with van der Waals surface area (Å²) in [6, 6.07) is 18.9. The normalized spacial score (nSPS) is 10.0. The monoisotopic (exact) mass is 276 g/mol. The van der Waals surface area contributed by atoms with Crippen LogP contribution in [0.2, 0.25) is 0 Å². The first-order valence-corrected chi connectivity index (χ1v) is 6.48. The SMILES string of the molecule is N#Cc1ccccc1OCc1coc(-c2ccccc2)n1. The molecular weight excluding hydrogens is 264 g/mol. The fourth-order valence-electron chi connectivity index (χ4n) is 1.92. The molecule has 1 aromatic heterocycles. The van der Waals surface area contributed by atoms with Crippen LogP contribution in [-0.4, -0.2) is 4.98 Å². The highest BCUT2D eigenvalue weighted by Gasteiger charge is 2.08. The van der Waals surface area contributed by atoms with Gasteiger partial charge in [0.1, 0.15) is 30.4 Å². The summed E-state index contributed by atoms with van der Waals surface area (Å²) in [6.45, 7) is 0.259. The van der Waals surface area contributed by atoms with Gasteiger partial charge in [0.15, 0.2) is 0 Å². The molecule has 3 rings (SSSR count). The van der Waals surface area contributed by atoms with Crippen LogP contribution in [0.15, 0.2) is 65.3 Å². The van der Waals surface area contributed by atoms with Gasteiger partial charge in [0, 0.05) is 5.56 Å². The standard InChI is InChI=1S/C17H12N2O2/c18-10-14-8-4-5-9-16(14)20-11-15-12-21-17(19-15)13-6-2-1-3-7-13/h1-9,12H,11H2. The molecule has 21 heavy (non-hydrogen) atoms. The van der Waals surface area contributed by atoms with E-state index in [1.54, 1.807) is 24.5 Å². The quantitative estimate of drug-likeness (QED) is 0.727.